The second kappa shape index (κ2) is 7.26. The maximum absolute atomic E-state index is 14.3. The molecule has 7 nitrogen and oxygen atoms in total. The molecule has 2 aromatic rings. The van der Waals surface area contributed by atoms with E-state index in [0.717, 1.165) is 0 Å². The molecule has 10 heteroatoms. The summed E-state index contributed by atoms with van der Waals surface area (Å²) >= 11 is 0. The van der Waals surface area contributed by atoms with Crippen LogP contribution in [0.3, 0.4) is 0 Å². The largest absolute Gasteiger partial charge is 0.496 e. The second-order valence-electron chi connectivity index (χ2n) is 7.91. The molecule has 0 atom stereocenters. The lowest BCUT2D eigenvalue weighted by molar-refractivity contribution is 0.00578. The Bertz CT molecular complexity index is 1030. The number of rotatable bonds is 5. The molecule has 156 valence electrons. The third kappa shape index (κ3) is 3.97. The van der Waals surface area contributed by atoms with Crippen LogP contribution in [0, 0.1) is 12.7 Å². The van der Waals surface area contributed by atoms with Crippen molar-refractivity contribution in [3.8, 4) is 5.88 Å². The Morgan fingerprint density at radius 1 is 1.17 bits per heavy atom. The number of anilines is 1. The van der Waals surface area contributed by atoms with Crippen molar-refractivity contribution in [2.45, 2.75) is 50.7 Å². The van der Waals surface area contributed by atoms with Crippen molar-refractivity contribution in [1.29, 1.82) is 0 Å². The minimum Gasteiger partial charge on any atom is -0.480 e. The molecule has 1 saturated heterocycles. The number of sulfonamides is 1. The first-order valence-electron chi connectivity index (χ1n) is 9.05. The summed E-state index contributed by atoms with van der Waals surface area (Å²) in [6, 6.07) is 5.82. The van der Waals surface area contributed by atoms with Gasteiger partial charge < -0.3 is 14.0 Å². The number of nitrogens with zero attached hydrogens (tertiary/aromatic N) is 1. The number of pyridine rings is 1. The summed E-state index contributed by atoms with van der Waals surface area (Å²) < 4.78 is 59.6. The molecule has 0 spiro atoms. The average Bonchev–Trinajstić information content (AvgIpc) is 2.86. The fourth-order valence-electron chi connectivity index (χ4n) is 2.83. The van der Waals surface area contributed by atoms with Crippen LogP contribution in [-0.2, 0) is 19.3 Å². The summed E-state index contributed by atoms with van der Waals surface area (Å²) in [5, 5.41) is 0. The van der Waals surface area contributed by atoms with E-state index >= 15 is 0 Å². The van der Waals surface area contributed by atoms with Crippen molar-refractivity contribution in [1.82, 2.24) is 4.98 Å². The van der Waals surface area contributed by atoms with E-state index in [1.165, 1.54) is 25.4 Å². The highest BCUT2D eigenvalue weighted by atomic mass is 32.2. The molecule has 1 N–H and O–H groups in total. The summed E-state index contributed by atoms with van der Waals surface area (Å²) in [6.07, 6.45) is 1.44. The van der Waals surface area contributed by atoms with Crippen molar-refractivity contribution in [3.63, 3.8) is 0 Å². The number of hydrogen-bond donors (Lipinski definition) is 1. The fraction of sp³-hybridized carbons (Fsp3) is 0.421. The van der Waals surface area contributed by atoms with Crippen molar-refractivity contribution in [2.75, 3.05) is 11.8 Å². The highest BCUT2D eigenvalue weighted by molar-refractivity contribution is 7.92. The quantitative estimate of drug-likeness (QED) is 0.746. The van der Waals surface area contributed by atoms with Crippen molar-refractivity contribution >= 4 is 28.3 Å². The van der Waals surface area contributed by atoms with Gasteiger partial charge in [0, 0.05) is 11.7 Å². The highest BCUT2D eigenvalue weighted by Crippen LogP contribution is 2.37. The van der Waals surface area contributed by atoms with Crippen LogP contribution >= 0.6 is 0 Å². The Labute approximate surface area is 170 Å². The SMILES string of the molecule is COc1ncc(B2OC(C)(C)C(C)(C)O2)cc1S(=O)(=O)Nc1cccc(C)c1F. The van der Waals surface area contributed by atoms with E-state index in [-0.39, 0.29) is 16.5 Å². The zero-order chi connectivity index (χ0) is 21.6. The first kappa shape index (κ1) is 21.5. The summed E-state index contributed by atoms with van der Waals surface area (Å²) in [7, 11) is -3.69. The molecule has 1 aliphatic rings. The van der Waals surface area contributed by atoms with Gasteiger partial charge in [0.2, 0.25) is 5.88 Å². The van der Waals surface area contributed by atoms with Gasteiger partial charge in [-0.1, -0.05) is 12.1 Å². The standard InChI is InChI=1S/C19H24BFN2O5S/c1-12-8-7-9-14(16(12)21)23-29(24,25)15-10-13(11-22-17(15)26-6)20-27-18(2,3)19(4,5)28-20/h7-11,23H,1-6H3. The van der Waals surface area contributed by atoms with Gasteiger partial charge in [-0.25, -0.2) is 17.8 Å². The monoisotopic (exact) mass is 422 g/mol. The van der Waals surface area contributed by atoms with E-state index in [1.807, 2.05) is 27.7 Å². The molecule has 1 aromatic carbocycles. The smallest absolute Gasteiger partial charge is 0.480 e. The van der Waals surface area contributed by atoms with E-state index in [0.29, 0.717) is 11.0 Å². The molecule has 1 fully saturated rings. The van der Waals surface area contributed by atoms with Crippen LogP contribution in [0.5, 0.6) is 5.88 Å². The van der Waals surface area contributed by atoms with Gasteiger partial charge in [0.05, 0.1) is 24.0 Å². The first-order valence-corrected chi connectivity index (χ1v) is 10.5. The van der Waals surface area contributed by atoms with Crippen molar-refractivity contribution in [3.05, 3.63) is 41.8 Å². The van der Waals surface area contributed by atoms with Gasteiger partial charge in [-0.05, 0) is 52.3 Å². The summed E-state index contributed by atoms with van der Waals surface area (Å²) in [6.45, 7) is 9.12. The molecule has 0 saturated carbocycles. The topological polar surface area (TPSA) is 86.8 Å². The lowest BCUT2D eigenvalue weighted by Gasteiger charge is -2.32. The molecule has 0 aliphatic carbocycles. The number of aromatic nitrogens is 1. The Hall–Kier alpha value is -2.17. The predicted octanol–water partition coefficient (Wildman–Crippen LogP) is 2.64. The molecule has 0 amide bonds. The summed E-state index contributed by atoms with van der Waals surface area (Å²) in [5.41, 5.74) is -0.622. The molecule has 3 rings (SSSR count). The molecule has 2 heterocycles. The molecular formula is C19H24BFN2O5S. The number of halogens is 1. The maximum atomic E-state index is 14.3. The Balaban J connectivity index is 2.00. The highest BCUT2D eigenvalue weighted by Gasteiger charge is 2.52. The van der Waals surface area contributed by atoms with E-state index in [1.54, 1.807) is 19.1 Å². The fourth-order valence-corrected chi connectivity index (χ4v) is 4.04. The minimum atomic E-state index is -4.19. The third-order valence-corrected chi connectivity index (χ3v) is 6.64. The number of benzene rings is 1. The number of nitrogens with one attached hydrogen (secondary N) is 1. The lowest BCUT2D eigenvalue weighted by atomic mass is 9.80. The lowest BCUT2D eigenvalue weighted by Crippen LogP contribution is -2.41. The van der Waals surface area contributed by atoms with Crippen LogP contribution in [0.15, 0.2) is 35.4 Å². The van der Waals surface area contributed by atoms with Crippen LogP contribution in [0.4, 0.5) is 10.1 Å². The summed E-state index contributed by atoms with van der Waals surface area (Å²) in [5.74, 6) is -0.768. The van der Waals surface area contributed by atoms with E-state index in [4.69, 9.17) is 14.0 Å². The van der Waals surface area contributed by atoms with E-state index in [2.05, 4.69) is 9.71 Å². The van der Waals surface area contributed by atoms with Gasteiger partial charge in [0.15, 0.2) is 0 Å². The van der Waals surface area contributed by atoms with E-state index < -0.39 is 34.2 Å². The number of aryl methyl sites for hydroxylation is 1. The van der Waals surface area contributed by atoms with E-state index in [9.17, 15) is 12.8 Å². The molecule has 1 aliphatic heterocycles. The van der Waals surface area contributed by atoms with Crippen molar-refractivity contribution < 1.29 is 26.9 Å². The summed E-state index contributed by atoms with van der Waals surface area (Å²) in [4.78, 5) is 3.85. The third-order valence-electron chi connectivity index (χ3n) is 5.28. The van der Waals surface area contributed by atoms with Gasteiger partial charge >= 0.3 is 7.12 Å². The van der Waals surface area contributed by atoms with Crippen molar-refractivity contribution in [2.24, 2.45) is 0 Å². The van der Waals surface area contributed by atoms with Crippen LogP contribution < -0.4 is 14.9 Å². The van der Waals surface area contributed by atoms with Gasteiger partial charge in [-0.3, -0.25) is 4.72 Å². The molecular weight excluding hydrogens is 398 g/mol. The van der Waals surface area contributed by atoms with Gasteiger partial charge in [-0.15, -0.1) is 0 Å². The normalized spacial score (nSPS) is 18.0. The second-order valence-corrected chi connectivity index (χ2v) is 9.56. The first-order chi connectivity index (χ1) is 13.4. The maximum Gasteiger partial charge on any atom is 0.496 e. The number of methoxy groups -OCH3 is 1. The van der Waals surface area contributed by atoms with Crippen LogP contribution in [-0.4, -0.2) is 38.8 Å². The van der Waals surface area contributed by atoms with Gasteiger partial charge in [-0.2, -0.15) is 0 Å². The Kier molecular flexibility index (Phi) is 5.40. The van der Waals surface area contributed by atoms with Crippen LogP contribution in [0.2, 0.25) is 0 Å². The molecule has 0 bridgehead atoms. The number of hydrogen-bond acceptors (Lipinski definition) is 6. The van der Waals surface area contributed by atoms with Crippen LogP contribution in [0.1, 0.15) is 33.3 Å². The zero-order valence-corrected chi connectivity index (χ0v) is 18.1. The Morgan fingerprint density at radius 3 is 2.38 bits per heavy atom. The molecule has 0 radical (unpaired) electrons. The Morgan fingerprint density at radius 2 is 1.79 bits per heavy atom. The zero-order valence-electron chi connectivity index (χ0n) is 17.2. The predicted molar refractivity (Wildman–Crippen MR) is 108 cm³/mol. The minimum absolute atomic E-state index is 0.120. The molecule has 1 aromatic heterocycles. The molecule has 29 heavy (non-hydrogen) atoms. The molecule has 0 unspecified atom stereocenters. The van der Waals surface area contributed by atoms with Crippen LogP contribution in [0.25, 0.3) is 0 Å². The van der Waals surface area contributed by atoms with Gasteiger partial charge in [0.1, 0.15) is 10.7 Å². The average molecular weight is 422 g/mol. The van der Waals surface area contributed by atoms with Gasteiger partial charge in [0.25, 0.3) is 10.0 Å². The number of ether oxygens (including phenoxy) is 1.